The number of rotatable bonds is 8. The van der Waals surface area contributed by atoms with Crippen LogP contribution in [0.15, 0.2) is 54.6 Å². The largest absolute Gasteiger partial charge is 0.483 e. The van der Waals surface area contributed by atoms with Gasteiger partial charge in [-0.3, -0.25) is 9.59 Å². The van der Waals surface area contributed by atoms with Gasteiger partial charge in [-0.15, -0.1) is 0 Å². The predicted octanol–water partition coefficient (Wildman–Crippen LogP) is 2.76. The minimum Gasteiger partial charge on any atom is -0.483 e. The molecule has 0 spiro atoms. The van der Waals surface area contributed by atoms with Gasteiger partial charge in [-0.2, -0.15) is 0 Å². The predicted molar refractivity (Wildman–Crippen MR) is 98.3 cm³/mol. The van der Waals surface area contributed by atoms with Crippen molar-refractivity contribution < 1.29 is 14.3 Å². The maximum atomic E-state index is 12.0. The fourth-order valence-electron chi connectivity index (χ4n) is 2.34. The zero-order valence-corrected chi connectivity index (χ0v) is 14.6. The second-order valence-corrected chi connectivity index (χ2v) is 5.73. The van der Waals surface area contributed by atoms with E-state index in [9.17, 15) is 9.59 Å². The molecule has 0 unspecified atom stereocenters. The summed E-state index contributed by atoms with van der Waals surface area (Å²) in [6.45, 7) is 4.08. The summed E-state index contributed by atoms with van der Waals surface area (Å²) in [6, 6.07) is 16.8. The Balaban J connectivity index is 1.93. The Bertz CT molecular complexity index is 701. The molecule has 1 atom stereocenters. The van der Waals surface area contributed by atoms with Crippen LogP contribution < -0.4 is 15.4 Å². The molecule has 25 heavy (non-hydrogen) atoms. The zero-order valence-electron chi connectivity index (χ0n) is 14.6. The summed E-state index contributed by atoms with van der Waals surface area (Å²) in [7, 11) is 0. The van der Waals surface area contributed by atoms with Crippen LogP contribution in [0.4, 0.5) is 0 Å². The van der Waals surface area contributed by atoms with Gasteiger partial charge in [0.05, 0.1) is 0 Å². The molecular weight excluding hydrogens is 316 g/mol. The Kier molecular flexibility index (Phi) is 7.01. The minimum atomic E-state index is -0.591. The van der Waals surface area contributed by atoms with E-state index in [1.165, 1.54) is 0 Å². The molecule has 2 N–H and O–H groups in total. The van der Waals surface area contributed by atoms with Crippen molar-refractivity contribution in [3.8, 4) is 16.9 Å². The van der Waals surface area contributed by atoms with Crippen LogP contribution in [0, 0.1) is 0 Å². The first-order valence-corrected chi connectivity index (χ1v) is 8.46. The summed E-state index contributed by atoms with van der Waals surface area (Å²) >= 11 is 0. The Morgan fingerprint density at radius 2 is 1.72 bits per heavy atom. The fraction of sp³-hybridized carbons (Fsp3) is 0.300. The summed E-state index contributed by atoms with van der Waals surface area (Å²) in [6.07, 6.45) is 0.853. The molecule has 0 fully saturated rings. The lowest BCUT2D eigenvalue weighted by Gasteiger charge is -2.15. The van der Waals surface area contributed by atoms with Gasteiger partial charge in [0.15, 0.2) is 6.61 Å². The highest BCUT2D eigenvalue weighted by Gasteiger charge is 2.15. The van der Waals surface area contributed by atoms with Crippen molar-refractivity contribution >= 4 is 11.8 Å². The Morgan fingerprint density at radius 1 is 1.04 bits per heavy atom. The third kappa shape index (κ3) is 5.64. The summed E-state index contributed by atoms with van der Waals surface area (Å²) in [5.74, 6) is 0.105. The van der Waals surface area contributed by atoms with E-state index in [0.717, 1.165) is 17.5 Å². The number of amides is 2. The van der Waals surface area contributed by atoms with Crippen LogP contribution in [0.1, 0.15) is 20.3 Å². The lowest BCUT2D eigenvalue weighted by Crippen LogP contribution is -2.46. The summed E-state index contributed by atoms with van der Waals surface area (Å²) in [4.78, 5) is 23.8. The average Bonchev–Trinajstić information content (AvgIpc) is 2.65. The molecule has 0 saturated heterocycles. The van der Waals surface area contributed by atoms with Gasteiger partial charge in [0, 0.05) is 12.1 Å². The van der Waals surface area contributed by atoms with E-state index in [1.54, 1.807) is 6.92 Å². The Labute approximate surface area is 148 Å². The highest BCUT2D eigenvalue weighted by atomic mass is 16.5. The number of hydrogen-bond acceptors (Lipinski definition) is 3. The first-order chi connectivity index (χ1) is 12.1. The van der Waals surface area contributed by atoms with Crippen molar-refractivity contribution in [3.05, 3.63) is 54.6 Å². The number of carbonyl (C=O) groups excluding carboxylic acids is 2. The van der Waals surface area contributed by atoms with E-state index in [4.69, 9.17) is 4.74 Å². The molecule has 0 aliphatic heterocycles. The molecule has 0 radical (unpaired) electrons. The normalized spacial score (nSPS) is 11.4. The van der Waals surface area contributed by atoms with E-state index >= 15 is 0 Å². The lowest BCUT2D eigenvalue weighted by molar-refractivity contribution is -0.129. The smallest absolute Gasteiger partial charge is 0.258 e. The molecule has 0 heterocycles. The molecular formula is C20H24N2O3. The van der Waals surface area contributed by atoms with Crippen LogP contribution in [0.25, 0.3) is 11.1 Å². The van der Waals surface area contributed by atoms with Gasteiger partial charge in [0.25, 0.3) is 5.91 Å². The quantitative estimate of drug-likeness (QED) is 0.776. The highest BCUT2D eigenvalue weighted by molar-refractivity contribution is 5.87. The SMILES string of the molecule is CCCNC(=O)[C@@H](C)NC(=O)COc1ccccc1-c1ccccc1. The maximum absolute atomic E-state index is 12.0. The number of ether oxygens (including phenoxy) is 1. The van der Waals surface area contributed by atoms with Crippen LogP contribution >= 0.6 is 0 Å². The zero-order chi connectivity index (χ0) is 18.1. The lowest BCUT2D eigenvalue weighted by atomic mass is 10.1. The molecule has 2 amide bonds. The number of para-hydroxylation sites is 1. The van der Waals surface area contributed by atoms with E-state index in [2.05, 4.69) is 10.6 Å². The molecule has 0 aromatic heterocycles. The number of carbonyl (C=O) groups is 2. The standard InChI is InChI=1S/C20H24N2O3/c1-3-13-21-20(24)15(2)22-19(23)14-25-18-12-8-7-11-17(18)16-9-5-4-6-10-16/h4-12,15H,3,13-14H2,1-2H3,(H,21,24)(H,22,23)/t15-/m1/s1. The molecule has 5 nitrogen and oxygen atoms in total. The van der Waals surface area contributed by atoms with Crippen molar-refractivity contribution in [2.45, 2.75) is 26.3 Å². The van der Waals surface area contributed by atoms with Gasteiger partial charge in [0.1, 0.15) is 11.8 Å². The second kappa shape index (κ2) is 9.47. The molecule has 2 aromatic carbocycles. The molecule has 5 heteroatoms. The van der Waals surface area contributed by atoms with Crippen molar-refractivity contribution in [1.82, 2.24) is 10.6 Å². The van der Waals surface area contributed by atoms with E-state index in [1.807, 2.05) is 61.5 Å². The minimum absolute atomic E-state index is 0.144. The molecule has 2 aromatic rings. The van der Waals surface area contributed by atoms with E-state index in [-0.39, 0.29) is 18.4 Å². The van der Waals surface area contributed by atoms with Gasteiger partial charge in [-0.25, -0.2) is 0 Å². The van der Waals surface area contributed by atoms with Crippen molar-refractivity contribution in [2.24, 2.45) is 0 Å². The molecule has 0 bridgehead atoms. The van der Waals surface area contributed by atoms with Crippen LogP contribution in [-0.2, 0) is 9.59 Å². The number of benzene rings is 2. The Morgan fingerprint density at radius 3 is 2.44 bits per heavy atom. The molecule has 132 valence electrons. The van der Waals surface area contributed by atoms with Crippen molar-refractivity contribution in [2.75, 3.05) is 13.2 Å². The van der Waals surface area contributed by atoms with Crippen LogP contribution in [-0.4, -0.2) is 31.0 Å². The third-order valence-corrected chi connectivity index (χ3v) is 3.65. The summed E-state index contributed by atoms with van der Waals surface area (Å²) in [5.41, 5.74) is 1.94. The second-order valence-electron chi connectivity index (χ2n) is 5.73. The first-order valence-electron chi connectivity index (χ1n) is 8.46. The van der Waals surface area contributed by atoms with Gasteiger partial charge >= 0.3 is 0 Å². The van der Waals surface area contributed by atoms with Gasteiger partial charge in [-0.1, -0.05) is 55.5 Å². The number of hydrogen-bond donors (Lipinski definition) is 2. The monoisotopic (exact) mass is 340 g/mol. The third-order valence-electron chi connectivity index (χ3n) is 3.65. The van der Waals surface area contributed by atoms with Crippen LogP contribution in [0.2, 0.25) is 0 Å². The van der Waals surface area contributed by atoms with Crippen LogP contribution in [0.5, 0.6) is 5.75 Å². The molecule has 0 aliphatic rings. The number of nitrogens with one attached hydrogen (secondary N) is 2. The first kappa shape index (κ1) is 18.5. The van der Waals surface area contributed by atoms with Gasteiger partial charge in [0.2, 0.25) is 5.91 Å². The van der Waals surface area contributed by atoms with Crippen LogP contribution in [0.3, 0.4) is 0 Å². The fourth-order valence-corrected chi connectivity index (χ4v) is 2.34. The summed E-state index contributed by atoms with van der Waals surface area (Å²) < 4.78 is 5.67. The molecule has 0 saturated carbocycles. The Hall–Kier alpha value is -2.82. The average molecular weight is 340 g/mol. The van der Waals surface area contributed by atoms with Gasteiger partial charge < -0.3 is 15.4 Å². The van der Waals surface area contributed by atoms with Gasteiger partial charge in [-0.05, 0) is 25.0 Å². The topological polar surface area (TPSA) is 67.4 Å². The van der Waals surface area contributed by atoms with Crippen molar-refractivity contribution in [1.29, 1.82) is 0 Å². The molecule has 2 rings (SSSR count). The van der Waals surface area contributed by atoms with E-state index in [0.29, 0.717) is 12.3 Å². The molecule has 0 aliphatic carbocycles. The van der Waals surface area contributed by atoms with E-state index < -0.39 is 6.04 Å². The van der Waals surface area contributed by atoms with Crippen molar-refractivity contribution in [3.63, 3.8) is 0 Å². The summed E-state index contributed by atoms with van der Waals surface area (Å²) in [5, 5.41) is 5.39. The maximum Gasteiger partial charge on any atom is 0.258 e. The highest BCUT2D eigenvalue weighted by Crippen LogP contribution is 2.29.